The number of thiophene rings is 1. The fourth-order valence-electron chi connectivity index (χ4n) is 2.14. The van der Waals surface area contributed by atoms with E-state index in [1.54, 1.807) is 29.8 Å². The summed E-state index contributed by atoms with van der Waals surface area (Å²) in [6, 6.07) is 4.97. The second kappa shape index (κ2) is 5.67. The van der Waals surface area contributed by atoms with Gasteiger partial charge in [-0.25, -0.2) is 13.4 Å². The summed E-state index contributed by atoms with van der Waals surface area (Å²) in [5.41, 5.74) is 1.59. The fourth-order valence-corrected chi connectivity index (χ4v) is 4.31. The van der Waals surface area contributed by atoms with Crippen molar-refractivity contribution in [3.63, 3.8) is 0 Å². The first kappa shape index (κ1) is 15.3. The number of aryl methyl sites for hydroxylation is 1. The summed E-state index contributed by atoms with van der Waals surface area (Å²) in [4.78, 5) is 8.39. The SMILES string of the molecule is Cc1ccc(NS(=O)(=O)c2cc(-c3noc(C4CC4)n3)cs2)nc1. The van der Waals surface area contributed by atoms with Crippen LogP contribution in [0.2, 0.25) is 0 Å². The highest BCUT2D eigenvalue weighted by atomic mass is 32.2. The van der Waals surface area contributed by atoms with Crippen molar-refractivity contribution < 1.29 is 12.9 Å². The summed E-state index contributed by atoms with van der Waals surface area (Å²) < 4.78 is 32.8. The number of anilines is 1. The third-order valence-electron chi connectivity index (χ3n) is 3.62. The maximum atomic E-state index is 12.4. The molecule has 3 aromatic heterocycles. The van der Waals surface area contributed by atoms with E-state index in [1.807, 2.05) is 6.92 Å². The number of sulfonamides is 1. The van der Waals surface area contributed by atoms with Gasteiger partial charge >= 0.3 is 0 Å². The third-order valence-corrected chi connectivity index (χ3v) is 6.41. The maximum absolute atomic E-state index is 12.4. The maximum Gasteiger partial charge on any atom is 0.272 e. The molecule has 0 bridgehead atoms. The van der Waals surface area contributed by atoms with Crippen LogP contribution >= 0.6 is 11.3 Å². The Morgan fingerprint density at radius 2 is 2.17 bits per heavy atom. The number of hydrogen-bond acceptors (Lipinski definition) is 7. The highest BCUT2D eigenvalue weighted by Crippen LogP contribution is 2.40. The first-order valence-electron chi connectivity index (χ1n) is 7.39. The van der Waals surface area contributed by atoms with Gasteiger partial charge in [0.05, 0.1) is 0 Å². The minimum absolute atomic E-state index is 0.178. The van der Waals surface area contributed by atoms with E-state index in [9.17, 15) is 8.42 Å². The second-order valence-corrected chi connectivity index (χ2v) is 8.53. The van der Waals surface area contributed by atoms with Crippen molar-refractivity contribution in [1.29, 1.82) is 0 Å². The summed E-state index contributed by atoms with van der Waals surface area (Å²) in [6.07, 6.45) is 3.74. The number of nitrogens with zero attached hydrogens (tertiary/aromatic N) is 3. The van der Waals surface area contributed by atoms with E-state index < -0.39 is 10.0 Å². The van der Waals surface area contributed by atoms with E-state index in [0.717, 1.165) is 29.7 Å². The van der Waals surface area contributed by atoms with E-state index in [2.05, 4.69) is 19.8 Å². The molecule has 4 rings (SSSR count). The minimum Gasteiger partial charge on any atom is -0.339 e. The lowest BCUT2D eigenvalue weighted by Crippen LogP contribution is -2.12. The van der Waals surface area contributed by atoms with Crippen molar-refractivity contribution in [3.05, 3.63) is 41.2 Å². The molecule has 0 saturated heterocycles. The Hall–Kier alpha value is -2.26. The molecule has 0 radical (unpaired) electrons. The molecule has 1 N–H and O–H groups in total. The number of pyridine rings is 1. The normalized spacial score (nSPS) is 14.7. The summed E-state index contributed by atoms with van der Waals surface area (Å²) in [5, 5.41) is 5.64. The average Bonchev–Trinajstić information content (AvgIpc) is 3.09. The Balaban J connectivity index is 1.57. The first-order valence-corrected chi connectivity index (χ1v) is 9.75. The number of nitrogens with one attached hydrogen (secondary N) is 1. The van der Waals surface area contributed by atoms with Gasteiger partial charge in [0.25, 0.3) is 10.0 Å². The summed E-state index contributed by atoms with van der Waals surface area (Å²) in [6.45, 7) is 1.89. The first-order chi connectivity index (χ1) is 11.5. The molecule has 1 aliphatic rings. The van der Waals surface area contributed by atoms with Crippen molar-refractivity contribution in [2.45, 2.75) is 29.9 Å². The summed E-state index contributed by atoms with van der Waals surface area (Å²) >= 11 is 1.11. The van der Waals surface area contributed by atoms with Crippen LogP contribution in [0.5, 0.6) is 0 Å². The molecule has 0 spiro atoms. The average molecular weight is 362 g/mol. The molecule has 24 heavy (non-hydrogen) atoms. The quantitative estimate of drug-likeness (QED) is 0.748. The molecule has 3 aromatic rings. The number of hydrogen-bond donors (Lipinski definition) is 1. The zero-order chi connectivity index (χ0) is 16.7. The number of aromatic nitrogens is 3. The lowest BCUT2D eigenvalue weighted by molar-refractivity contribution is 0.380. The Morgan fingerprint density at radius 3 is 2.88 bits per heavy atom. The molecule has 9 heteroatoms. The van der Waals surface area contributed by atoms with E-state index in [4.69, 9.17) is 4.52 Å². The van der Waals surface area contributed by atoms with E-state index in [0.29, 0.717) is 23.2 Å². The lowest BCUT2D eigenvalue weighted by atomic mass is 10.3. The topological polar surface area (TPSA) is 98.0 Å². The highest BCUT2D eigenvalue weighted by Gasteiger charge is 2.30. The smallest absolute Gasteiger partial charge is 0.272 e. The molecule has 0 aliphatic heterocycles. The van der Waals surface area contributed by atoms with Gasteiger partial charge in [-0.2, -0.15) is 4.98 Å². The molecule has 0 atom stereocenters. The van der Waals surface area contributed by atoms with E-state index in [1.165, 1.54) is 0 Å². The van der Waals surface area contributed by atoms with E-state index >= 15 is 0 Å². The van der Waals surface area contributed by atoms with Gasteiger partial charge in [-0.05, 0) is 37.5 Å². The van der Waals surface area contributed by atoms with Gasteiger partial charge in [-0.15, -0.1) is 11.3 Å². The van der Waals surface area contributed by atoms with Crippen LogP contribution in [0.15, 0.2) is 38.5 Å². The predicted molar refractivity (Wildman–Crippen MR) is 89.4 cm³/mol. The van der Waals surface area contributed by atoms with Crippen LogP contribution in [0.4, 0.5) is 5.82 Å². The van der Waals surface area contributed by atoms with Gasteiger partial charge in [-0.3, -0.25) is 4.72 Å². The van der Waals surface area contributed by atoms with Crippen LogP contribution in [-0.2, 0) is 10.0 Å². The second-order valence-electron chi connectivity index (χ2n) is 5.71. The van der Waals surface area contributed by atoms with Gasteiger partial charge in [0, 0.05) is 23.1 Å². The van der Waals surface area contributed by atoms with Crippen molar-refractivity contribution >= 4 is 27.2 Å². The Kier molecular flexibility index (Phi) is 3.61. The molecule has 0 amide bonds. The Bertz CT molecular complexity index is 972. The van der Waals surface area contributed by atoms with Gasteiger partial charge in [0.2, 0.25) is 11.7 Å². The third kappa shape index (κ3) is 3.04. The Labute approximate surface area is 142 Å². The zero-order valence-corrected chi connectivity index (χ0v) is 14.4. The molecule has 7 nitrogen and oxygen atoms in total. The van der Waals surface area contributed by atoms with Crippen LogP contribution in [0.3, 0.4) is 0 Å². The molecular formula is C15H14N4O3S2. The largest absolute Gasteiger partial charge is 0.339 e. The standard InChI is InChI=1S/C15H14N4O3S2/c1-9-2-5-12(16-7-9)19-24(20,21)13-6-11(8-23-13)14-17-15(22-18-14)10-3-4-10/h2,5-8,10H,3-4H2,1H3,(H,16,19). The van der Waals surface area contributed by atoms with Crippen LogP contribution in [-0.4, -0.2) is 23.5 Å². The number of rotatable bonds is 5. The van der Waals surface area contributed by atoms with Gasteiger partial charge in [0.1, 0.15) is 10.0 Å². The minimum atomic E-state index is -3.69. The van der Waals surface area contributed by atoms with Gasteiger partial charge < -0.3 is 4.52 Å². The molecule has 3 heterocycles. The van der Waals surface area contributed by atoms with Crippen molar-refractivity contribution in [1.82, 2.24) is 15.1 Å². The van der Waals surface area contributed by atoms with Crippen molar-refractivity contribution in [2.24, 2.45) is 0 Å². The van der Waals surface area contributed by atoms with Gasteiger partial charge in [0.15, 0.2) is 0 Å². The zero-order valence-electron chi connectivity index (χ0n) is 12.8. The van der Waals surface area contributed by atoms with E-state index in [-0.39, 0.29) is 10.0 Å². The van der Waals surface area contributed by atoms with Crippen molar-refractivity contribution in [2.75, 3.05) is 4.72 Å². The van der Waals surface area contributed by atoms with Crippen LogP contribution < -0.4 is 4.72 Å². The van der Waals surface area contributed by atoms with Crippen LogP contribution in [0.25, 0.3) is 11.4 Å². The molecule has 0 aromatic carbocycles. The lowest BCUT2D eigenvalue weighted by Gasteiger charge is -2.05. The summed E-state index contributed by atoms with van der Waals surface area (Å²) in [5.74, 6) is 1.69. The molecule has 1 saturated carbocycles. The van der Waals surface area contributed by atoms with Gasteiger partial charge in [-0.1, -0.05) is 11.2 Å². The van der Waals surface area contributed by atoms with Crippen LogP contribution in [0.1, 0.15) is 30.2 Å². The molecule has 0 unspecified atom stereocenters. The fraction of sp³-hybridized carbons (Fsp3) is 0.267. The summed E-state index contributed by atoms with van der Waals surface area (Å²) in [7, 11) is -3.69. The predicted octanol–water partition coefficient (Wildman–Crippen LogP) is 3.18. The molecular weight excluding hydrogens is 348 g/mol. The monoisotopic (exact) mass is 362 g/mol. The van der Waals surface area contributed by atoms with Crippen LogP contribution in [0, 0.1) is 6.92 Å². The Morgan fingerprint density at radius 1 is 1.33 bits per heavy atom. The highest BCUT2D eigenvalue weighted by molar-refractivity contribution is 7.94. The molecule has 1 aliphatic carbocycles. The molecule has 1 fully saturated rings. The molecule has 124 valence electrons. The van der Waals surface area contributed by atoms with Crippen molar-refractivity contribution in [3.8, 4) is 11.4 Å².